The zero-order chi connectivity index (χ0) is 25.2. The van der Waals surface area contributed by atoms with E-state index in [1.54, 1.807) is 0 Å². The SMILES string of the molecule is CC(C)CC(C)(C)OC(=O)Oc1ccc([N+](=O)[O-])cc1.O=C(O)Oc1ccc([N+](=O)[O-])cc1. The summed E-state index contributed by atoms with van der Waals surface area (Å²) < 4.78 is 14.5. The molecule has 0 radical (unpaired) electrons. The molecule has 0 amide bonds. The Morgan fingerprint density at radius 3 is 1.61 bits per heavy atom. The number of carbonyl (C=O) groups is 2. The molecule has 0 heterocycles. The fraction of sp³-hybridized carbons (Fsp3) is 0.333. The van der Waals surface area contributed by atoms with Crippen molar-refractivity contribution in [3.63, 3.8) is 0 Å². The quantitative estimate of drug-likeness (QED) is 0.236. The van der Waals surface area contributed by atoms with E-state index in [1.807, 2.05) is 27.7 Å². The van der Waals surface area contributed by atoms with Crippen LogP contribution in [0.2, 0.25) is 0 Å². The summed E-state index contributed by atoms with van der Waals surface area (Å²) in [5.41, 5.74) is -0.796. The highest BCUT2D eigenvalue weighted by Crippen LogP contribution is 2.23. The number of carboxylic acid groups (broad SMARTS) is 1. The molecule has 0 atom stereocenters. The van der Waals surface area contributed by atoms with Crippen LogP contribution in [-0.4, -0.2) is 32.9 Å². The maximum absolute atomic E-state index is 11.7. The van der Waals surface area contributed by atoms with Crippen LogP contribution in [0.25, 0.3) is 0 Å². The number of rotatable bonds is 7. The number of nitro groups is 2. The van der Waals surface area contributed by atoms with Crippen molar-refractivity contribution < 1.29 is 38.8 Å². The highest BCUT2D eigenvalue weighted by atomic mass is 16.7. The second-order valence-corrected chi connectivity index (χ2v) is 7.68. The predicted octanol–water partition coefficient (Wildman–Crippen LogP) is 5.59. The molecule has 0 bridgehead atoms. The number of hydrogen-bond donors (Lipinski definition) is 1. The summed E-state index contributed by atoms with van der Waals surface area (Å²) in [6.07, 6.45) is -1.55. The van der Waals surface area contributed by atoms with E-state index in [4.69, 9.17) is 14.6 Å². The lowest BCUT2D eigenvalue weighted by molar-refractivity contribution is -0.385. The van der Waals surface area contributed by atoms with E-state index in [0.29, 0.717) is 12.3 Å². The lowest BCUT2D eigenvalue weighted by Crippen LogP contribution is -2.31. The largest absolute Gasteiger partial charge is 0.514 e. The first kappa shape index (κ1) is 26.8. The molecule has 0 saturated heterocycles. The summed E-state index contributed by atoms with van der Waals surface area (Å²) in [7, 11) is 0. The van der Waals surface area contributed by atoms with Crippen molar-refractivity contribution in [2.75, 3.05) is 0 Å². The molecule has 12 heteroatoms. The van der Waals surface area contributed by atoms with Crippen LogP contribution in [0.5, 0.6) is 11.5 Å². The number of carbonyl (C=O) groups excluding carboxylic acids is 1. The molecular formula is C21H24N2O10. The number of nitrogens with zero attached hydrogens (tertiary/aromatic N) is 2. The smallest absolute Gasteiger partial charge is 0.449 e. The number of ether oxygens (including phenoxy) is 3. The molecule has 2 rings (SSSR count). The first-order chi connectivity index (χ1) is 15.3. The van der Waals surface area contributed by atoms with Gasteiger partial charge in [-0.1, -0.05) is 13.8 Å². The molecular weight excluding hydrogens is 440 g/mol. The highest BCUT2D eigenvalue weighted by molar-refractivity contribution is 5.64. The van der Waals surface area contributed by atoms with Gasteiger partial charge < -0.3 is 19.3 Å². The first-order valence-electron chi connectivity index (χ1n) is 9.59. The number of benzene rings is 2. The van der Waals surface area contributed by atoms with Crippen molar-refractivity contribution in [1.29, 1.82) is 0 Å². The van der Waals surface area contributed by atoms with Gasteiger partial charge in [0.1, 0.15) is 17.1 Å². The van der Waals surface area contributed by atoms with Crippen molar-refractivity contribution in [1.82, 2.24) is 0 Å². The average Bonchev–Trinajstić information content (AvgIpc) is 2.67. The Balaban J connectivity index is 0.000000361. The van der Waals surface area contributed by atoms with E-state index in [-0.39, 0.29) is 22.9 Å². The molecule has 178 valence electrons. The van der Waals surface area contributed by atoms with Gasteiger partial charge in [0.05, 0.1) is 9.85 Å². The van der Waals surface area contributed by atoms with Crippen molar-refractivity contribution in [3.05, 3.63) is 68.8 Å². The van der Waals surface area contributed by atoms with E-state index < -0.39 is 27.8 Å². The van der Waals surface area contributed by atoms with E-state index in [0.717, 1.165) is 12.1 Å². The van der Waals surface area contributed by atoms with Gasteiger partial charge in [-0.15, -0.1) is 0 Å². The highest BCUT2D eigenvalue weighted by Gasteiger charge is 2.25. The van der Waals surface area contributed by atoms with E-state index in [1.165, 1.54) is 36.4 Å². The van der Waals surface area contributed by atoms with Crippen molar-refractivity contribution in [3.8, 4) is 11.5 Å². The van der Waals surface area contributed by atoms with Gasteiger partial charge >= 0.3 is 12.3 Å². The molecule has 0 spiro atoms. The Labute approximate surface area is 189 Å². The Morgan fingerprint density at radius 1 is 0.879 bits per heavy atom. The molecule has 12 nitrogen and oxygen atoms in total. The zero-order valence-electron chi connectivity index (χ0n) is 18.4. The maximum atomic E-state index is 11.7. The molecule has 0 unspecified atom stereocenters. The van der Waals surface area contributed by atoms with Crippen LogP contribution in [0, 0.1) is 26.1 Å². The average molecular weight is 464 g/mol. The van der Waals surface area contributed by atoms with Gasteiger partial charge in [-0.25, -0.2) is 9.59 Å². The van der Waals surface area contributed by atoms with Crippen molar-refractivity contribution >= 4 is 23.7 Å². The summed E-state index contributed by atoms with van der Waals surface area (Å²) in [6.45, 7) is 7.69. The van der Waals surface area contributed by atoms with Crippen LogP contribution in [0.1, 0.15) is 34.1 Å². The number of non-ortho nitro benzene ring substituents is 2. The lowest BCUT2D eigenvalue weighted by Gasteiger charge is -2.26. The van der Waals surface area contributed by atoms with Gasteiger partial charge in [-0.2, -0.15) is 0 Å². The normalized spacial score (nSPS) is 10.5. The van der Waals surface area contributed by atoms with E-state index >= 15 is 0 Å². The third-order valence-electron chi connectivity index (χ3n) is 3.76. The fourth-order valence-electron chi connectivity index (χ4n) is 2.74. The van der Waals surface area contributed by atoms with Crippen LogP contribution in [0.3, 0.4) is 0 Å². The summed E-state index contributed by atoms with van der Waals surface area (Å²) in [4.78, 5) is 41.3. The standard InChI is InChI=1S/C14H19NO5.C7H5NO5/c1-10(2)9-14(3,4)20-13(16)19-12-7-5-11(6-8-12)15(17)18;9-7(10)13-6-3-1-5(2-4-6)8(11)12/h5-8,10H,9H2,1-4H3;1-4H,(H,9,10). The molecule has 0 aliphatic rings. The van der Waals surface area contributed by atoms with Crippen molar-refractivity contribution in [2.24, 2.45) is 5.92 Å². The molecule has 0 saturated carbocycles. The third-order valence-corrected chi connectivity index (χ3v) is 3.76. The molecule has 2 aromatic carbocycles. The molecule has 0 fully saturated rings. The Bertz CT molecular complexity index is 970. The number of hydrogen-bond acceptors (Lipinski definition) is 9. The number of nitro benzene ring substituents is 2. The minimum absolute atomic E-state index is 0.0538. The van der Waals surface area contributed by atoms with Crippen LogP contribution in [0.15, 0.2) is 48.5 Å². The summed E-state index contributed by atoms with van der Waals surface area (Å²) in [6, 6.07) is 10.0. The van der Waals surface area contributed by atoms with Crippen LogP contribution >= 0.6 is 0 Å². The van der Waals surface area contributed by atoms with Crippen molar-refractivity contribution in [2.45, 2.75) is 39.7 Å². The van der Waals surface area contributed by atoms with Gasteiger partial charge in [-0.05, 0) is 50.5 Å². The Morgan fingerprint density at radius 2 is 1.27 bits per heavy atom. The molecule has 0 aliphatic carbocycles. The van der Waals surface area contributed by atoms with Gasteiger partial charge in [0.15, 0.2) is 0 Å². The molecule has 33 heavy (non-hydrogen) atoms. The van der Waals surface area contributed by atoms with Gasteiger partial charge in [-0.3, -0.25) is 20.2 Å². The Hall–Kier alpha value is -4.22. The minimum atomic E-state index is -1.45. The monoisotopic (exact) mass is 464 g/mol. The molecule has 0 aliphatic heterocycles. The van der Waals surface area contributed by atoms with Gasteiger partial charge in [0, 0.05) is 24.3 Å². The molecule has 2 aromatic rings. The van der Waals surface area contributed by atoms with Gasteiger partial charge in [0.2, 0.25) is 0 Å². The maximum Gasteiger partial charge on any atom is 0.514 e. The van der Waals surface area contributed by atoms with Crippen LogP contribution in [-0.2, 0) is 4.74 Å². The van der Waals surface area contributed by atoms with E-state index in [9.17, 15) is 29.8 Å². The Kier molecular flexibility index (Phi) is 9.73. The molecule has 0 aromatic heterocycles. The van der Waals surface area contributed by atoms with E-state index in [2.05, 4.69) is 4.74 Å². The second kappa shape index (κ2) is 12.0. The summed E-state index contributed by atoms with van der Waals surface area (Å²) in [5, 5.41) is 28.9. The second-order valence-electron chi connectivity index (χ2n) is 7.68. The van der Waals surface area contributed by atoms with Gasteiger partial charge in [0.25, 0.3) is 11.4 Å². The minimum Gasteiger partial charge on any atom is -0.449 e. The third kappa shape index (κ3) is 10.6. The topological polar surface area (TPSA) is 168 Å². The van der Waals surface area contributed by atoms with Crippen LogP contribution in [0.4, 0.5) is 21.0 Å². The predicted molar refractivity (Wildman–Crippen MR) is 115 cm³/mol. The summed E-state index contributed by atoms with van der Waals surface area (Å²) >= 11 is 0. The van der Waals surface area contributed by atoms with Crippen LogP contribution < -0.4 is 9.47 Å². The molecule has 1 N–H and O–H groups in total. The first-order valence-corrected chi connectivity index (χ1v) is 9.59. The summed E-state index contributed by atoms with van der Waals surface area (Å²) in [5.74, 6) is 0.649. The lowest BCUT2D eigenvalue weighted by atomic mass is 9.96. The fourth-order valence-corrected chi connectivity index (χ4v) is 2.74. The zero-order valence-corrected chi connectivity index (χ0v) is 18.4.